The molecule has 0 aliphatic heterocycles. The molecule has 4 rings (SSSR count). The first-order chi connectivity index (χ1) is 17.0. The summed E-state index contributed by atoms with van der Waals surface area (Å²) >= 11 is 0. The number of aromatic nitrogens is 3. The van der Waals surface area contributed by atoms with Crippen LogP contribution < -0.4 is 5.32 Å². The van der Waals surface area contributed by atoms with Gasteiger partial charge in [-0.2, -0.15) is 13.2 Å². The third-order valence-corrected chi connectivity index (χ3v) is 8.21. The Labute approximate surface area is 208 Å². The Kier molecular flexibility index (Phi) is 7.60. The summed E-state index contributed by atoms with van der Waals surface area (Å²) in [7, 11) is 0.289. The van der Waals surface area contributed by atoms with Crippen molar-refractivity contribution in [2.24, 2.45) is 0 Å². The van der Waals surface area contributed by atoms with Crippen molar-refractivity contribution in [2.75, 3.05) is 19.4 Å². The Balaban J connectivity index is 1.44. The molecule has 0 saturated heterocycles. The zero-order valence-corrected chi connectivity index (χ0v) is 20.8. The van der Waals surface area contributed by atoms with Gasteiger partial charge in [0.2, 0.25) is 0 Å². The predicted molar refractivity (Wildman–Crippen MR) is 130 cm³/mol. The lowest BCUT2D eigenvalue weighted by Gasteiger charge is -2.40. The number of likely N-dealkylation sites (N-methyl/N-ethyl adjacent to an activating group) is 1. The van der Waals surface area contributed by atoms with Gasteiger partial charge in [-0.25, -0.2) is 23.4 Å². The van der Waals surface area contributed by atoms with Crippen molar-refractivity contribution in [1.82, 2.24) is 19.9 Å². The van der Waals surface area contributed by atoms with Gasteiger partial charge in [0, 0.05) is 24.5 Å². The van der Waals surface area contributed by atoms with E-state index in [1.807, 2.05) is 14.1 Å². The number of sulfone groups is 1. The number of benzene rings is 1. The Morgan fingerprint density at radius 2 is 1.89 bits per heavy atom. The van der Waals surface area contributed by atoms with Crippen LogP contribution in [0.5, 0.6) is 0 Å². The first-order valence-corrected chi connectivity index (χ1v) is 13.2. The minimum absolute atomic E-state index is 0.0121. The van der Waals surface area contributed by atoms with Crippen LogP contribution in [0.15, 0.2) is 66.1 Å². The van der Waals surface area contributed by atoms with Gasteiger partial charge in [-0.3, -0.25) is 0 Å². The standard InChI is InChI=1S/C25H28F3N5O2S/c1-33(2)23-13-18(17-4-3-5-19(12-17)25(26,27)28)6-8-22(23)32-24-9-7-21(14-30-24)36(34,35)15-20-10-11-29-16-31-20/h3-5,7,9-12,14,16,18,22-23H,6,8,13,15H2,1-2H3,(H,30,32)/t18-,22-,23-/m0/s1. The molecule has 3 aromatic rings. The molecule has 1 fully saturated rings. The van der Waals surface area contributed by atoms with Crippen LogP contribution >= 0.6 is 0 Å². The van der Waals surface area contributed by atoms with Crippen LogP contribution in [-0.4, -0.2) is 54.4 Å². The molecule has 0 radical (unpaired) electrons. The lowest BCUT2D eigenvalue weighted by Crippen LogP contribution is -2.47. The molecule has 11 heteroatoms. The normalized spacial score (nSPS) is 20.9. The van der Waals surface area contributed by atoms with E-state index < -0.39 is 21.6 Å². The SMILES string of the molecule is CN(C)[C@H]1C[C@@H](c2cccc(C(F)(F)F)c2)CC[C@@H]1Nc1ccc(S(=O)(=O)Cc2ccncn2)cn1. The summed E-state index contributed by atoms with van der Waals surface area (Å²) in [5.41, 5.74) is 0.477. The van der Waals surface area contributed by atoms with E-state index in [1.165, 1.54) is 36.9 Å². The fourth-order valence-corrected chi connectivity index (χ4v) is 5.89. The summed E-state index contributed by atoms with van der Waals surface area (Å²) in [5, 5.41) is 3.40. The zero-order chi connectivity index (χ0) is 25.9. The summed E-state index contributed by atoms with van der Waals surface area (Å²) in [6.45, 7) is 0. The number of alkyl halides is 3. The van der Waals surface area contributed by atoms with Gasteiger partial charge < -0.3 is 10.2 Å². The van der Waals surface area contributed by atoms with Crippen molar-refractivity contribution in [3.05, 3.63) is 78.0 Å². The third kappa shape index (κ3) is 6.19. The van der Waals surface area contributed by atoms with Crippen molar-refractivity contribution in [3.63, 3.8) is 0 Å². The second-order valence-corrected chi connectivity index (χ2v) is 11.2. The van der Waals surface area contributed by atoms with Crippen LogP contribution in [0.25, 0.3) is 0 Å². The van der Waals surface area contributed by atoms with E-state index in [1.54, 1.807) is 18.2 Å². The average Bonchev–Trinajstić information content (AvgIpc) is 2.84. The largest absolute Gasteiger partial charge is 0.416 e. The number of rotatable bonds is 7. The fourth-order valence-electron chi connectivity index (χ4n) is 4.68. The van der Waals surface area contributed by atoms with E-state index >= 15 is 0 Å². The van der Waals surface area contributed by atoms with E-state index in [0.29, 0.717) is 23.5 Å². The van der Waals surface area contributed by atoms with Crippen molar-refractivity contribution >= 4 is 15.7 Å². The molecule has 2 aromatic heterocycles. The number of halogens is 3. The van der Waals surface area contributed by atoms with Crippen LogP contribution in [0, 0.1) is 0 Å². The first-order valence-electron chi connectivity index (χ1n) is 11.6. The lowest BCUT2D eigenvalue weighted by atomic mass is 9.78. The number of nitrogens with one attached hydrogen (secondary N) is 1. The minimum atomic E-state index is -4.37. The first kappa shape index (κ1) is 26.0. The summed E-state index contributed by atoms with van der Waals surface area (Å²) < 4.78 is 65.0. The van der Waals surface area contributed by atoms with Gasteiger partial charge in [0.25, 0.3) is 0 Å². The van der Waals surface area contributed by atoms with E-state index in [9.17, 15) is 21.6 Å². The Bertz CT molecular complexity index is 1270. The van der Waals surface area contributed by atoms with Gasteiger partial charge in [-0.15, -0.1) is 0 Å². The molecular weight excluding hydrogens is 491 g/mol. The van der Waals surface area contributed by atoms with Crippen LogP contribution in [0.3, 0.4) is 0 Å². The number of nitrogens with zero attached hydrogens (tertiary/aromatic N) is 4. The quantitative estimate of drug-likeness (QED) is 0.490. The highest BCUT2D eigenvalue weighted by Crippen LogP contribution is 2.38. The Morgan fingerprint density at radius 3 is 2.53 bits per heavy atom. The molecule has 1 N–H and O–H groups in total. The second-order valence-electron chi connectivity index (χ2n) is 9.25. The molecule has 1 saturated carbocycles. The molecular formula is C25H28F3N5O2S. The molecule has 1 aliphatic rings. The van der Waals surface area contributed by atoms with Crippen LogP contribution in [-0.2, 0) is 21.8 Å². The van der Waals surface area contributed by atoms with Crippen molar-refractivity contribution in [1.29, 1.82) is 0 Å². The van der Waals surface area contributed by atoms with Gasteiger partial charge >= 0.3 is 6.18 Å². The minimum Gasteiger partial charge on any atom is -0.366 e. The van der Waals surface area contributed by atoms with Crippen molar-refractivity contribution in [3.8, 4) is 0 Å². The summed E-state index contributed by atoms with van der Waals surface area (Å²) in [6, 6.07) is 10.4. The van der Waals surface area contributed by atoms with E-state index in [-0.39, 0.29) is 28.6 Å². The van der Waals surface area contributed by atoms with Gasteiger partial charge in [0.1, 0.15) is 12.1 Å². The smallest absolute Gasteiger partial charge is 0.366 e. The maximum Gasteiger partial charge on any atom is 0.416 e. The van der Waals surface area contributed by atoms with Crippen molar-refractivity contribution < 1.29 is 21.6 Å². The number of pyridine rings is 1. The van der Waals surface area contributed by atoms with Gasteiger partial charge in [0.05, 0.1) is 21.9 Å². The Morgan fingerprint density at radius 1 is 1.08 bits per heavy atom. The summed E-state index contributed by atoms with van der Waals surface area (Å²) in [5.74, 6) is 0.317. The predicted octanol–water partition coefficient (Wildman–Crippen LogP) is 4.54. The average molecular weight is 520 g/mol. The summed E-state index contributed by atoms with van der Waals surface area (Å²) in [6.07, 6.45) is 1.92. The molecule has 0 unspecified atom stereocenters. The number of hydrogen-bond acceptors (Lipinski definition) is 7. The van der Waals surface area contributed by atoms with Gasteiger partial charge in [-0.05, 0) is 69.1 Å². The molecule has 7 nitrogen and oxygen atoms in total. The highest BCUT2D eigenvalue weighted by Gasteiger charge is 2.35. The molecule has 1 aromatic carbocycles. The lowest BCUT2D eigenvalue weighted by molar-refractivity contribution is -0.137. The molecule has 192 valence electrons. The van der Waals surface area contributed by atoms with Crippen LogP contribution in [0.1, 0.15) is 42.0 Å². The molecule has 0 amide bonds. The number of hydrogen-bond donors (Lipinski definition) is 1. The third-order valence-electron chi connectivity index (χ3n) is 6.58. The highest BCUT2D eigenvalue weighted by molar-refractivity contribution is 7.90. The highest BCUT2D eigenvalue weighted by atomic mass is 32.2. The molecule has 2 heterocycles. The Hall–Kier alpha value is -3.05. The van der Waals surface area contributed by atoms with Crippen LogP contribution in [0.4, 0.5) is 19.0 Å². The van der Waals surface area contributed by atoms with E-state index in [2.05, 4.69) is 25.2 Å². The van der Waals surface area contributed by atoms with Crippen LogP contribution in [0.2, 0.25) is 0 Å². The topological polar surface area (TPSA) is 88.1 Å². The van der Waals surface area contributed by atoms with Gasteiger partial charge in [-0.1, -0.05) is 18.2 Å². The van der Waals surface area contributed by atoms with E-state index in [0.717, 1.165) is 18.9 Å². The molecule has 0 spiro atoms. The van der Waals surface area contributed by atoms with Gasteiger partial charge in [0.15, 0.2) is 9.84 Å². The molecule has 3 atom stereocenters. The molecule has 1 aliphatic carbocycles. The molecule has 0 bridgehead atoms. The maximum absolute atomic E-state index is 13.2. The molecule has 36 heavy (non-hydrogen) atoms. The fraction of sp³-hybridized carbons (Fsp3) is 0.400. The van der Waals surface area contributed by atoms with E-state index in [4.69, 9.17) is 0 Å². The zero-order valence-electron chi connectivity index (χ0n) is 20.0. The number of anilines is 1. The maximum atomic E-state index is 13.2. The van der Waals surface area contributed by atoms with Crippen molar-refractivity contribution in [2.45, 2.75) is 54.1 Å². The summed E-state index contributed by atoms with van der Waals surface area (Å²) in [4.78, 5) is 14.3. The second kappa shape index (κ2) is 10.5. The monoisotopic (exact) mass is 519 g/mol.